The van der Waals surface area contributed by atoms with Crippen LogP contribution in [-0.2, 0) is 0 Å². The molecule has 1 aromatic heterocycles. The molecule has 0 amide bonds. The molecule has 2 rings (SSSR count). The molecule has 0 radical (unpaired) electrons. The van der Waals surface area contributed by atoms with E-state index in [4.69, 9.17) is 11.6 Å². The van der Waals surface area contributed by atoms with Crippen LogP contribution in [0.1, 0.15) is 0 Å². The number of thiazole rings is 1. The first kappa shape index (κ1) is 10.2. The lowest BCUT2D eigenvalue weighted by atomic mass is 10.3. The molecule has 1 saturated heterocycles. The normalized spacial score (nSPS) is 18.8. The molecule has 0 bridgehead atoms. The Morgan fingerprint density at radius 2 is 2.14 bits per heavy atom. The third kappa shape index (κ3) is 2.38. The summed E-state index contributed by atoms with van der Waals surface area (Å²) in [4.78, 5) is 9.05. The van der Waals surface area contributed by atoms with Crippen LogP contribution in [0.5, 0.6) is 0 Å². The zero-order valence-corrected chi connectivity index (χ0v) is 9.60. The van der Waals surface area contributed by atoms with Gasteiger partial charge < -0.3 is 4.90 Å². The summed E-state index contributed by atoms with van der Waals surface area (Å²) in [6, 6.07) is 0. The fourth-order valence-electron chi connectivity index (χ4n) is 1.65. The lowest BCUT2D eigenvalue weighted by molar-refractivity contribution is 0.272. The molecule has 1 fully saturated rings. The van der Waals surface area contributed by atoms with Gasteiger partial charge in [0.1, 0.15) is 0 Å². The zero-order chi connectivity index (χ0) is 9.80. The van der Waals surface area contributed by atoms with Crippen molar-refractivity contribution in [3.63, 3.8) is 0 Å². The lowest BCUT2D eigenvalue weighted by Crippen LogP contribution is -2.46. The summed E-state index contributed by atoms with van der Waals surface area (Å²) in [5.74, 6) is 0.733. The molecule has 0 N–H and O–H groups in total. The first-order valence-corrected chi connectivity index (χ1v) is 6.24. The van der Waals surface area contributed by atoms with Crippen LogP contribution in [0, 0.1) is 0 Å². The number of aromatic nitrogens is 1. The van der Waals surface area contributed by atoms with E-state index in [1.165, 1.54) is 0 Å². The fraction of sp³-hybridized carbons (Fsp3) is 0.667. The van der Waals surface area contributed by atoms with Gasteiger partial charge in [-0.1, -0.05) is 0 Å². The van der Waals surface area contributed by atoms with E-state index in [1.54, 1.807) is 11.3 Å². The Morgan fingerprint density at radius 3 is 2.71 bits per heavy atom. The number of hydrogen-bond donors (Lipinski definition) is 0. The molecule has 0 atom stereocenters. The van der Waals surface area contributed by atoms with Crippen molar-refractivity contribution in [3.8, 4) is 0 Å². The van der Waals surface area contributed by atoms with Crippen LogP contribution in [0.15, 0.2) is 11.6 Å². The predicted molar refractivity (Wildman–Crippen MR) is 61.5 cm³/mol. The molecule has 0 saturated carbocycles. The predicted octanol–water partition coefficient (Wildman–Crippen LogP) is 1.50. The summed E-state index contributed by atoms with van der Waals surface area (Å²) >= 11 is 7.42. The van der Waals surface area contributed by atoms with E-state index in [9.17, 15) is 0 Å². The minimum absolute atomic E-state index is 0.733. The van der Waals surface area contributed by atoms with Crippen molar-refractivity contribution in [2.45, 2.75) is 0 Å². The smallest absolute Gasteiger partial charge is 0.185 e. The van der Waals surface area contributed by atoms with Gasteiger partial charge in [0, 0.05) is 50.2 Å². The zero-order valence-electron chi connectivity index (χ0n) is 8.03. The average molecular weight is 232 g/mol. The van der Waals surface area contributed by atoms with Crippen LogP contribution < -0.4 is 4.90 Å². The van der Waals surface area contributed by atoms with E-state index >= 15 is 0 Å². The van der Waals surface area contributed by atoms with Crippen LogP contribution >= 0.6 is 22.9 Å². The van der Waals surface area contributed by atoms with Crippen molar-refractivity contribution in [3.05, 3.63) is 11.6 Å². The van der Waals surface area contributed by atoms with E-state index in [1.807, 2.05) is 11.6 Å². The van der Waals surface area contributed by atoms with Crippen molar-refractivity contribution in [2.24, 2.45) is 0 Å². The van der Waals surface area contributed by atoms with Gasteiger partial charge in [-0.25, -0.2) is 4.98 Å². The van der Waals surface area contributed by atoms with Gasteiger partial charge in [-0.05, 0) is 0 Å². The molecule has 1 aromatic rings. The second kappa shape index (κ2) is 4.96. The third-order valence-corrected chi connectivity index (χ3v) is 3.46. The van der Waals surface area contributed by atoms with Gasteiger partial charge in [0.2, 0.25) is 0 Å². The molecule has 14 heavy (non-hydrogen) atoms. The molecule has 0 aromatic carbocycles. The minimum Gasteiger partial charge on any atom is -0.346 e. The van der Waals surface area contributed by atoms with Crippen LogP contribution in [0.25, 0.3) is 0 Å². The lowest BCUT2D eigenvalue weighted by Gasteiger charge is -2.34. The van der Waals surface area contributed by atoms with E-state index in [0.717, 1.165) is 43.7 Å². The molecule has 0 unspecified atom stereocenters. The van der Waals surface area contributed by atoms with Crippen LogP contribution in [0.2, 0.25) is 0 Å². The summed E-state index contributed by atoms with van der Waals surface area (Å²) in [5, 5.41) is 3.18. The highest BCUT2D eigenvalue weighted by Gasteiger charge is 2.17. The Bertz CT molecular complexity index is 257. The topological polar surface area (TPSA) is 19.4 Å². The van der Waals surface area contributed by atoms with Crippen LogP contribution in [0.4, 0.5) is 5.13 Å². The van der Waals surface area contributed by atoms with Gasteiger partial charge in [0.25, 0.3) is 0 Å². The third-order valence-electron chi connectivity index (χ3n) is 2.46. The molecule has 2 heterocycles. The first-order chi connectivity index (χ1) is 6.90. The quantitative estimate of drug-likeness (QED) is 0.736. The van der Waals surface area contributed by atoms with Gasteiger partial charge in [0.15, 0.2) is 5.13 Å². The summed E-state index contributed by atoms with van der Waals surface area (Å²) in [6.45, 7) is 5.36. The van der Waals surface area contributed by atoms with E-state index in [-0.39, 0.29) is 0 Å². The van der Waals surface area contributed by atoms with Crippen molar-refractivity contribution in [1.82, 2.24) is 9.88 Å². The summed E-state index contributed by atoms with van der Waals surface area (Å²) in [5.41, 5.74) is 0. The number of nitrogens with zero attached hydrogens (tertiary/aromatic N) is 3. The Hall–Kier alpha value is -0.320. The van der Waals surface area contributed by atoms with Crippen LogP contribution in [-0.4, -0.2) is 48.5 Å². The minimum atomic E-state index is 0.733. The second-order valence-electron chi connectivity index (χ2n) is 3.33. The van der Waals surface area contributed by atoms with Crippen LogP contribution in [0.3, 0.4) is 0 Å². The highest BCUT2D eigenvalue weighted by molar-refractivity contribution is 7.13. The Labute approximate surface area is 93.3 Å². The van der Waals surface area contributed by atoms with Gasteiger partial charge in [-0.3, -0.25) is 4.90 Å². The molecule has 1 aliphatic rings. The fourth-order valence-corrected chi connectivity index (χ4v) is 2.59. The molecular weight excluding hydrogens is 218 g/mol. The number of piperazine rings is 1. The monoisotopic (exact) mass is 231 g/mol. The maximum atomic E-state index is 5.71. The first-order valence-electron chi connectivity index (χ1n) is 4.83. The second-order valence-corrected chi connectivity index (χ2v) is 4.58. The molecule has 78 valence electrons. The Kier molecular flexibility index (Phi) is 3.61. The molecule has 3 nitrogen and oxygen atoms in total. The summed E-state index contributed by atoms with van der Waals surface area (Å²) < 4.78 is 0. The Balaban J connectivity index is 1.84. The van der Waals surface area contributed by atoms with Gasteiger partial charge >= 0.3 is 0 Å². The van der Waals surface area contributed by atoms with Crippen molar-refractivity contribution >= 4 is 28.1 Å². The highest BCUT2D eigenvalue weighted by Crippen LogP contribution is 2.18. The SMILES string of the molecule is ClCCN1CCN(c2nccs2)CC1. The number of anilines is 1. The van der Waals surface area contributed by atoms with E-state index < -0.39 is 0 Å². The van der Waals surface area contributed by atoms with E-state index in [0.29, 0.717) is 0 Å². The van der Waals surface area contributed by atoms with Gasteiger partial charge in [0.05, 0.1) is 0 Å². The molecule has 1 aliphatic heterocycles. The van der Waals surface area contributed by atoms with E-state index in [2.05, 4.69) is 14.8 Å². The number of rotatable bonds is 3. The van der Waals surface area contributed by atoms with Gasteiger partial charge in [-0.2, -0.15) is 0 Å². The maximum Gasteiger partial charge on any atom is 0.185 e. The standard InChI is InChI=1S/C9H14ClN3S/c10-1-3-12-4-6-13(7-5-12)9-11-2-8-14-9/h2,8H,1,3-7H2. The largest absolute Gasteiger partial charge is 0.346 e. The molecular formula is C9H14ClN3S. The number of alkyl halides is 1. The number of hydrogen-bond acceptors (Lipinski definition) is 4. The van der Waals surface area contributed by atoms with Gasteiger partial charge in [-0.15, -0.1) is 22.9 Å². The molecule has 0 spiro atoms. The average Bonchev–Trinajstić information content (AvgIpc) is 2.72. The van der Waals surface area contributed by atoms with Crippen molar-refractivity contribution < 1.29 is 0 Å². The highest BCUT2D eigenvalue weighted by atomic mass is 35.5. The summed E-state index contributed by atoms with van der Waals surface area (Å²) in [7, 11) is 0. The van der Waals surface area contributed by atoms with Crippen molar-refractivity contribution in [1.29, 1.82) is 0 Å². The molecule has 5 heteroatoms. The molecule has 0 aliphatic carbocycles. The number of halogens is 1. The summed E-state index contributed by atoms with van der Waals surface area (Å²) in [6.07, 6.45) is 1.87. The maximum absolute atomic E-state index is 5.71. The Morgan fingerprint density at radius 1 is 1.36 bits per heavy atom. The van der Waals surface area contributed by atoms with Crippen molar-refractivity contribution in [2.75, 3.05) is 43.5 Å².